The van der Waals surface area contributed by atoms with Crippen LogP contribution in [0.3, 0.4) is 0 Å². The maximum Gasteiger partial charge on any atom is 0.334 e. The molecule has 0 unspecified atom stereocenters. The van der Waals surface area contributed by atoms with E-state index in [4.69, 9.17) is 28.4 Å². The summed E-state index contributed by atoms with van der Waals surface area (Å²) in [4.78, 5) is 73.9. The normalized spacial score (nSPS) is 32.5. The Kier molecular flexibility index (Phi) is 15.5. The molecule has 2 amide bonds. The Morgan fingerprint density at radius 1 is 0.650 bits per heavy atom. The third-order valence-corrected chi connectivity index (χ3v) is 13.1. The zero-order chi connectivity index (χ0) is 42.9. The number of rotatable bonds is 19. The summed E-state index contributed by atoms with van der Waals surface area (Å²) in [6, 6.07) is 0. The lowest BCUT2D eigenvalue weighted by atomic mass is 9.84. The molecule has 4 saturated heterocycles. The van der Waals surface area contributed by atoms with Gasteiger partial charge in [0.2, 0.25) is 11.8 Å². The van der Waals surface area contributed by atoms with Gasteiger partial charge in [0.1, 0.15) is 37.6 Å². The lowest BCUT2D eigenvalue weighted by Crippen LogP contribution is -2.29. The Balaban J connectivity index is 0.736. The van der Waals surface area contributed by atoms with Gasteiger partial charge < -0.3 is 39.1 Å². The van der Waals surface area contributed by atoms with E-state index >= 15 is 0 Å². The first-order chi connectivity index (χ1) is 28.8. The van der Waals surface area contributed by atoms with Crippen LogP contribution in [0.25, 0.3) is 0 Å². The van der Waals surface area contributed by atoms with Crippen LogP contribution in [-0.2, 0) is 57.2 Å². The highest BCUT2D eigenvalue weighted by molar-refractivity contribution is 5.91. The van der Waals surface area contributed by atoms with E-state index in [0.717, 1.165) is 75.4 Å². The fourth-order valence-corrected chi connectivity index (χ4v) is 9.01. The van der Waals surface area contributed by atoms with Crippen LogP contribution < -0.4 is 10.6 Å². The van der Waals surface area contributed by atoms with Gasteiger partial charge >= 0.3 is 23.9 Å². The summed E-state index contributed by atoms with van der Waals surface area (Å²) in [5.74, 6) is -2.16. The molecule has 6 rings (SSSR count). The molecular formula is C46H64N2O12. The Hall–Kier alpha value is -4.30. The second-order valence-electron chi connectivity index (χ2n) is 17.7. The van der Waals surface area contributed by atoms with Crippen molar-refractivity contribution in [3.63, 3.8) is 0 Å². The Morgan fingerprint density at radius 3 is 1.47 bits per heavy atom. The van der Waals surface area contributed by atoms with Crippen LogP contribution in [0.1, 0.15) is 129 Å². The second kappa shape index (κ2) is 20.5. The summed E-state index contributed by atoms with van der Waals surface area (Å²) < 4.78 is 34.1. The van der Waals surface area contributed by atoms with Gasteiger partial charge in [-0.25, -0.2) is 9.59 Å². The van der Waals surface area contributed by atoms with E-state index in [0.29, 0.717) is 49.9 Å². The molecule has 60 heavy (non-hydrogen) atoms. The SMILES string of the molecule is C=C1C(=O)O[C@H]2[C@H]1CC/C(COC(=O)CCC(=O)NCCCCCCCCNC(=O)CCC(=O)OC/C1=C/CC[C@@]3(C)O[C@H]3[C@H]3OC(=O)C(=C)[C@@H]3CC1)=C\CC[C@@]1(C)O[C@@H]21. The first-order valence-electron chi connectivity index (χ1n) is 22.1. The Bertz CT molecular complexity index is 1610. The third-order valence-electron chi connectivity index (χ3n) is 13.1. The highest BCUT2D eigenvalue weighted by Gasteiger charge is 2.62. The molecule has 8 atom stereocenters. The number of ether oxygens (including phenoxy) is 6. The van der Waals surface area contributed by atoms with Crippen LogP contribution in [0.2, 0.25) is 0 Å². The first-order valence-corrected chi connectivity index (χ1v) is 22.1. The van der Waals surface area contributed by atoms with E-state index in [1.807, 2.05) is 13.8 Å². The first kappa shape index (κ1) is 45.2. The number of amides is 2. The summed E-state index contributed by atoms with van der Waals surface area (Å²) in [5.41, 5.74) is 2.27. The lowest BCUT2D eigenvalue weighted by Gasteiger charge is -2.20. The van der Waals surface area contributed by atoms with Gasteiger partial charge in [0.05, 0.1) is 24.0 Å². The summed E-state index contributed by atoms with van der Waals surface area (Å²) in [6.45, 7) is 13.4. The lowest BCUT2D eigenvalue weighted by molar-refractivity contribution is -0.144. The standard InChI is InChI=1S/C46H64N2O12/c1-29-33-17-15-31(13-11-23-45(3)41(59-45)39(33)57-43(29)53)27-55-37(51)21-19-35(49)47-25-9-7-5-6-8-10-26-48-36(50)20-22-38(52)56-28-32-14-12-24-46(4)42(60-46)40-34(18-16-32)30(2)44(54)58-40/h13-14,33-34,39-42H,1-2,5-12,15-28H2,3-4H3,(H,47,49)(H,48,50)/b31-13+,32-14+/t33-,34-,39-,40-,41-,42-,45+,46+/m0/s1. The van der Waals surface area contributed by atoms with Crippen LogP contribution >= 0.6 is 0 Å². The van der Waals surface area contributed by atoms with Crippen LogP contribution in [0.5, 0.6) is 0 Å². The van der Waals surface area contributed by atoms with E-state index in [2.05, 4.69) is 35.9 Å². The zero-order valence-corrected chi connectivity index (χ0v) is 35.5. The number of epoxide rings is 2. The molecule has 2 aliphatic carbocycles. The van der Waals surface area contributed by atoms with Gasteiger partial charge in [-0.2, -0.15) is 0 Å². The average Bonchev–Trinajstić information content (AvgIpc) is 4.03. The van der Waals surface area contributed by atoms with Crippen molar-refractivity contribution in [1.82, 2.24) is 10.6 Å². The molecule has 4 fully saturated rings. The van der Waals surface area contributed by atoms with Crippen molar-refractivity contribution in [1.29, 1.82) is 0 Å². The molecule has 6 aliphatic rings. The molecule has 2 N–H and O–H groups in total. The number of esters is 4. The summed E-state index contributed by atoms with van der Waals surface area (Å²) in [5, 5.41) is 5.76. The monoisotopic (exact) mass is 836 g/mol. The highest BCUT2D eigenvalue weighted by atomic mass is 16.7. The van der Waals surface area contributed by atoms with Crippen LogP contribution in [0, 0.1) is 11.8 Å². The maximum absolute atomic E-state index is 12.4. The van der Waals surface area contributed by atoms with Crippen molar-refractivity contribution in [2.75, 3.05) is 26.3 Å². The second-order valence-corrected chi connectivity index (χ2v) is 17.7. The van der Waals surface area contributed by atoms with Gasteiger partial charge in [-0.05, 0) is 89.2 Å². The molecule has 4 heterocycles. The molecule has 0 aromatic carbocycles. The van der Waals surface area contributed by atoms with E-state index < -0.39 is 11.9 Å². The molecule has 330 valence electrons. The molecule has 14 heteroatoms. The maximum atomic E-state index is 12.4. The van der Waals surface area contributed by atoms with Crippen LogP contribution in [-0.4, -0.2) is 97.6 Å². The van der Waals surface area contributed by atoms with Gasteiger partial charge in [0, 0.05) is 48.9 Å². The average molecular weight is 837 g/mol. The Labute approximate surface area is 353 Å². The largest absolute Gasteiger partial charge is 0.461 e. The third kappa shape index (κ3) is 12.2. The zero-order valence-electron chi connectivity index (χ0n) is 35.5. The molecule has 0 aromatic rings. The summed E-state index contributed by atoms with van der Waals surface area (Å²) in [7, 11) is 0. The number of carbonyl (C=O) groups is 6. The highest BCUT2D eigenvalue weighted by Crippen LogP contribution is 2.51. The molecular weight excluding hydrogens is 773 g/mol. The van der Waals surface area contributed by atoms with E-state index in [-0.39, 0.29) is 110 Å². The molecule has 0 spiro atoms. The molecule has 0 bridgehead atoms. The minimum absolute atomic E-state index is 0.00644. The van der Waals surface area contributed by atoms with Crippen LogP contribution in [0.15, 0.2) is 47.6 Å². The van der Waals surface area contributed by atoms with Crippen molar-refractivity contribution in [2.24, 2.45) is 11.8 Å². The smallest absolute Gasteiger partial charge is 0.334 e. The molecule has 0 radical (unpaired) electrons. The van der Waals surface area contributed by atoms with Crippen molar-refractivity contribution in [3.8, 4) is 0 Å². The number of allylic oxidation sites excluding steroid dienone is 2. The predicted octanol–water partition coefficient (Wildman–Crippen LogP) is 5.72. The van der Waals surface area contributed by atoms with Gasteiger partial charge in [-0.3, -0.25) is 19.2 Å². The number of carbonyl (C=O) groups excluding carboxylic acids is 6. The minimum Gasteiger partial charge on any atom is -0.461 e. The number of hydrogen-bond acceptors (Lipinski definition) is 12. The van der Waals surface area contributed by atoms with Gasteiger partial charge in [0.15, 0.2) is 0 Å². The minimum atomic E-state index is -0.421. The van der Waals surface area contributed by atoms with Crippen molar-refractivity contribution < 1.29 is 57.2 Å². The quantitative estimate of drug-likeness (QED) is 0.0403. The number of unbranched alkanes of at least 4 members (excludes halogenated alkanes) is 5. The Morgan fingerprint density at radius 2 is 1.05 bits per heavy atom. The number of hydrogen-bond donors (Lipinski definition) is 2. The fraction of sp³-hybridized carbons (Fsp3) is 0.696. The fourth-order valence-electron chi connectivity index (χ4n) is 9.01. The molecule has 14 nitrogen and oxygen atoms in total. The topological polar surface area (TPSA) is 188 Å². The van der Waals surface area contributed by atoms with E-state index in [9.17, 15) is 28.8 Å². The van der Waals surface area contributed by atoms with Crippen molar-refractivity contribution in [3.05, 3.63) is 47.6 Å². The van der Waals surface area contributed by atoms with E-state index in [1.54, 1.807) is 0 Å². The predicted molar refractivity (Wildman–Crippen MR) is 219 cm³/mol. The molecule has 4 aliphatic heterocycles. The van der Waals surface area contributed by atoms with Gasteiger partial charge in [0.25, 0.3) is 0 Å². The molecule has 0 aromatic heterocycles. The van der Waals surface area contributed by atoms with Crippen molar-refractivity contribution >= 4 is 35.7 Å². The number of fused-ring (bicyclic) bond motifs is 6. The van der Waals surface area contributed by atoms with Gasteiger partial charge in [-0.15, -0.1) is 0 Å². The van der Waals surface area contributed by atoms with Crippen molar-refractivity contribution in [2.45, 2.75) is 165 Å². The van der Waals surface area contributed by atoms with Gasteiger partial charge in [-0.1, -0.05) is 51.0 Å². The molecule has 0 saturated carbocycles. The number of nitrogens with one attached hydrogen (secondary N) is 2. The summed E-state index contributed by atoms with van der Waals surface area (Å²) >= 11 is 0. The summed E-state index contributed by atoms with van der Waals surface area (Å²) in [6.07, 6.45) is 14.9. The van der Waals surface area contributed by atoms with Crippen LogP contribution in [0.4, 0.5) is 0 Å². The van der Waals surface area contributed by atoms with E-state index in [1.165, 1.54) is 0 Å².